The number of halogens is 1. The standard InChI is InChI=1S/C15H15FN2S/c1-10-5-6-13(15(17)19)14(7-10)18-9-11-3-2-4-12(16)8-11/h2-8,18H,9H2,1H3,(H2,17,19). The zero-order valence-electron chi connectivity index (χ0n) is 10.6. The van der Waals surface area contributed by atoms with Crippen LogP contribution in [0.15, 0.2) is 42.5 Å². The Morgan fingerprint density at radius 2 is 2.05 bits per heavy atom. The van der Waals surface area contributed by atoms with Crippen molar-refractivity contribution in [3.05, 3.63) is 65.0 Å². The Morgan fingerprint density at radius 1 is 1.26 bits per heavy atom. The van der Waals surface area contributed by atoms with Gasteiger partial charge in [-0.1, -0.05) is 30.4 Å². The number of thiocarbonyl (C=S) groups is 1. The lowest BCUT2D eigenvalue weighted by atomic mass is 10.1. The van der Waals surface area contributed by atoms with Crippen LogP contribution in [0.4, 0.5) is 10.1 Å². The van der Waals surface area contributed by atoms with Gasteiger partial charge in [0, 0.05) is 17.8 Å². The van der Waals surface area contributed by atoms with E-state index in [1.165, 1.54) is 12.1 Å². The molecule has 0 unspecified atom stereocenters. The lowest BCUT2D eigenvalue weighted by molar-refractivity contribution is 0.626. The monoisotopic (exact) mass is 274 g/mol. The van der Waals surface area contributed by atoms with Gasteiger partial charge < -0.3 is 11.1 Å². The van der Waals surface area contributed by atoms with Crippen LogP contribution >= 0.6 is 12.2 Å². The summed E-state index contributed by atoms with van der Waals surface area (Å²) in [6, 6.07) is 12.3. The lowest BCUT2D eigenvalue weighted by Crippen LogP contribution is -2.13. The minimum Gasteiger partial charge on any atom is -0.389 e. The number of anilines is 1. The Morgan fingerprint density at radius 3 is 2.74 bits per heavy atom. The van der Waals surface area contributed by atoms with Crippen LogP contribution in [0.25, 0.3) is 0 Å². The van der Waals surface area contributed by atoms with Crippen molar-refractivity contribution >= 4 is 22.9 Å². The maximum absolute atomic E-state index is 13.1. The van der Waals surface area contributed by atoms with E-state index < -0.39 is 0 Å². The molecule has 0 aliphatic carbocycles. The van der Waals surface area contributed by atoms with Crippen molar-refractivity contribution in [2.75, 3.05) is 5.32 Å². The molecule has 0 radical (unpaired) electrons. The predicted octanol–water partition coefficient (Wildman–Crippen LogP) is 3.38. The summed E-state index contributed by atoms with van der Waals surface area (Å²) in [5.74, 6) is -0.238. The first-order chi connectivity index (χ1) is 9.06. The van der Waals surface area contributed by atoms with Gasteiger partial charge in [0.1, 0.15) is 10.8 Å². The first-order valence-corrected chi connectivity index (χ1v) is 6.36. The third-order valence-corrected chi connectivity index (χ3v) is 3.03. The highest BCUT2D eigenvalue weighted by Crippen LogP contribution is 2.18. The average Bonchev–Trinajstić information content (AvgIpc) is 2.36. The smallest absolute Gasteiger partial charge is 0.123 e. The van der Waals surface area contributed by atoms with Gasteiger partial charge in [0.15, 0.2) is 0 Å². The van der Waals surface area contributed by atoms with Crippen molar-refractivity contribution in [2.24, 2.45) is 5.73 Å². The van der Waals surface area contributed by atoms with E-state index in [1.807, 2.05) is 31.2 Å². The highest BCUT2D eigenvalue weighted by molar-refractivity contribution is 7.80. The summed E-state index contributed by atoms with van der Waals surface area (Å²) in [5, 5.41) is 3.24. The molecule has 0 saturated heterocycles. The van der Waals surface area contributed by atoms with E-state index in [-0.39, 0.29) is 5.82 Å². The van der Waals surface area contributed by atoms with E-state index in [0.29, 0.717) is 11.5 Å². The van der Waals surface area contributed by atoms with Crippen LogP contribution in [0.3, 0.4) is 0 Å². The van der Waals surface area contributed by atoms with Gasteiger partial charge in [0.05, 0.1) is 0 Å². The third-order valence-electron chi connectivity index (χ3n) is 2.81. The third kappa shape index (κ3) is 3.51. The van der Waals surface area contributed by atoms with Gasteiger partial charge in [0.25, 0.3) is 0 Å². The van der Waals surface area contributed by atoms with Crippen molar-refractivity contribution in [2.45, 2.75) is 13.5 Å². The number of benzene rings is 2. The molecule has 2 aromatic rings. The van der Waals surface area contributed by atoms with Crippen molar-refractivity contribution in [1.82, 2.24) is 0 Å². The van der Waals surface area contributed by atoms with Crippen LogP contribution in [0.2, 0.25) is 0 Å². The van der Waals surface area contributed by atoms with E-state index >= 15 is 0 Å². The quantitative estimate of drug-likeness (QED) is 0.839. The van der Waals surface area contributed by atoms with Gasteiger partial charge in [-0.15, -0.1) is 0 Å². The molecule has 19 heavy (non-hydrogen) atoms. The highest BCUT2D eigenvalue weighted by Gasteiger charge is 2.05. The minimum absolute atomic E-state index is 0.238. The maximum Gasteiger partial charge on any atom is 0.123 e. The fourth-order valence-electron chi connectivity index (χ4n) is 1.86. The molecule has 98 valence electrons. The fourth-order valence-corrected chi connectivity index (χ4v) is 2.04. The Hall–Kier alpha value is -1.94. The normalized spacial score (nSPS) is 10.2. The van der Waals surface area contributed by atoms with Crippen molar-refractivity contribution in [1.29, 1.82) is 0 Å². The van der Waals surface area contributed by atoms with Crippen LogP contribution in [0, 0.1) is 12.7 Å². The number of rotatable bonds is 4. The zero-order chi connectivity index (χ0) is 13.8. The molecule has 2 rings (SSSR count). The molecule has 0 saturated carbocycles. The molecule has 0 spiro atoms. The summed E-state index contributed by atoms with van der Waals surface area (Å²) in [7, 11) is 0. The second-order valence-electron chi connectivity index (χ2n) is 4.40. The van der Waals surface area contributed by atoms with E-state index in [0.717, 1.165) is 22.4 Å². The number of aryl methyl sites for hydroxylation is 1. The summed E-state index contributed by atoms with van der Waals surface area (Å²) in [4.78, 5) is 0.349. The van der Waals surface area contributed by atoms with Gasteiger partial charge in [-0.25, -0.2) is 4.39 Å². The van der Waals surface area contributed by atoms with Crippen molar-refractivity contribution in [3.63, 3.8) is 0 Å². The van der Waals surface area contributed by atoms with Crippen LogP contribution in [-0.4, -0.2) is 4.99 Å². The molecular weight excluding hydrogens is 259 g/mol. The maximum atomic E-state index is 13.1. The molecule has 4 heteroatoms. The SMILES string of the molecule is Cc1ccc(C(N)=S)c(NCc2cccc(F)c2)c1. The molecule has 0 aromatic heterocycles. The van der Waals surface area contributed by atoms with Crippen LogP contribution in [-0.2, 0) is 6.54 Å². The van der Waals surface area contributed by atoms with Crippen LogP contribution in [0.5, 0.6) is 0 Å². The first-order valence-electron chi connectivity index (χ1n) is 5.95. The van der Waals surface area contributed by atoms with Crippen LogP contribution < -0.4 is 11.1 Å². The Labute approximate surface area is 117 Å². The van der Waals surface area contributed by atoms with E-state index in [4.69, 9.17) is 18.0 Å². The van der Waals surface area contributed by atoms with E-state index in [2.05, 4.69) is 5.32 Å². The van der Waals surface area contributed by atoms with E-state index in [9.17, 15) is 4.39 Å². The van der Waals surface area contributed by atoms with Crippen LogP contribution in [0.1, 0.15) is 16.7 Å². The molecule has 2 aromatic carbocycles. The molecule has 0 heterocycles. The number of nitrogens with one attached hydrogen (secondary N) is 1. The lowest BCUT2D eigenvalue weighted by Gasteiger charge is -2.12. The topological polar surface area (TPSA) is 38.0 Å². The number of hydrogen-bond acceptors (Lipinski definition) is 2. The Bertz CT molecular complexity index is 611. The summed E-state index contributed by atoms with van der Waals surface area (Å²) in [5.41, 5.74) is 9.35. The molecule has 0 fully saturated rings. The molecule has 3 N–H and O–H groups in total. The molecule has 0 aliphatic heterocycles. The van der Waals surface area contributed by atoms with Gasteiger partial charge in [0.2, 0.25) is 0 Å². The summed E-state index contributed by atoms with van der Waals surface area (Å²) >= 11 is 5.02. The largest absolute Gasteiger partial charge is 0.389 e. The minimum atomic E-state index is -0.238. The highest BCUT2D eigenvalue weighted by atomic mass is 32.1. The van der Waals surface area contributed by atoms with Crippen molar-refractivity contribution in [3.8, 4) is 0 Å². The second kappa shape index (κ2) is 5.80. The zero-order valence-corrected chi connectivity index (χ0v) is 11.4. The van der Waals surface area contributed by atoms with Gasteiger partial charge >= 0.3 is 0 Å². The molecule has 0 bridgehead atoms. The van der Waals surface area contributed by atoms with Gasteiger partial charge in [-0.2, -0.15) is 0 Å². The molecule has 0 aliphatic rings. The predicted molar refractivity (Wildman–Crippen MR) is 80.8 cm³/mol. The Kier molecular flexibility index (Phi) is 4.12. The molecular formula is C15H15FN2S. The number of hydrogen-bond donors (Lipinski definition) is 2. The average molecular weight is 274 g/mol. The summed E-state index contributed by atoms with van der Waals surface area (Å²) in [6.45, 7) is 2.52. The molecule has 0 amide bonds. The molecule has 2 nitrogen and oxygen atoms in total. The molecule has 0 atom stereocenters. The van der Waals surface area contributed by atoms with Gasteiger partial charge in [-0.3, -0.25) is 0 Å². The summed E-state index contributed by atoms with van der Waals surface area (Å²) in [6.07, 6.45) is 0. The Balaban J connectivity index is 2.19. The van der Waals surface area contributed by atoms with Gasteiger partial charge in [-0.05, 0) is 42.3 Å². The second-order valence-corrected chi connectivity index (χ2v) is 4.84. The van der Waals surface area contributed by atoms with Crippen molar-refractivity contribution < 1.29 is 4.39 Å². The summed E-state index contributed by atoms with van der Waals surface area (Å²) < 4.78 is 13.1. The van der Waals surface area contributed by atoms with E-state index in [1.54, 1.807) is 6.07 Å². The number of nitrogens with two attached hydrogens (primary N) is 1. The fraction of sp³-hybridized carbons (Fsp3) is 0.133. The first kappa shape index (κ1) is 13.5.